The predicted molar refractivity (Wildman–Crippen MR) is 116 cm³/mol. The van der Waals surface area contributed by atoms with Gasteiger partial charge in [0, 0.05) is 43.7 Å². The molecule has 2 aromatic carbocycles. The van der Waals surface area contributed by atoms with Crippen LogP contribution in [0.5, 0.6) is 5.75 Å². The zero-order valence-corrected chi connectivity index (χ0v) is 17.6. The molecule has 1 aromatic heterocycles. The normalized spacial score (nSPS) is 15.7. The Labute approximate surface area is 179 Å². The molecule has 0 spiro atoms. The number of carbonyl (C=O) groups excluding carboxylic acids is 1. The van der Waals surface area contributed by atoms with E-state index in [0.29, 0.717) is 18.8 Å². The molecular weight excluding hydrogens is 401 g/mol. The van der Waals surface area contributed by atoms with Gasteiger partial charge in [-0.1, -0.05) is 30.3 Å². The van der Waals surface area contributed by atoms with E-state index in [2.05, 4.69) is 22.4 Å². The number of thiazole rings is 1. The van der Waals surface area contributed by atoms with Crippen molar-refractivity contribution >= 4 is 17.2 Å². The minimum atomic E-state index is -0.603. The van der Waals surface area contributed by atoms with Crippen LogP contribution in [-0.4, -0.2) is 53.0 Å². The number of halogens is 1. The van der Waals surface area contributed by atoms with Crippen LogP contribution in [0.25, 0.3) is 10.6 Å². The summed E-state index contributed by atoms with van der Waals surface area (Å²) in [5.74, 6) is 0.126. The molecule has 1 saturated heterocycles. The molecule has 0 bridgehead atoms. The number of aromatic nitrogens is 1. The third kappa shape index (κ3) is 5.04. The molecule has 0 N–H and O–H groups in total. The largest absolute Gasteiger partial charge is 0.481 e. The first-order valence-corrected chi connectivity index (χ1v) is 10.9. The molecule has 7 heteroatoms. The van der Waals surface area contributed by atoms with E-state index in [0.717, 1.165) is 35.9 Å². The first kappa shape index (κ1) is 20.5. The third-order valence-electron chi connectivity index (χ3n) is 5.12. The van der Waals surface area contributed by atoms with Crippen LogP contribution in [0.1, 0.15) is 12.6 Å². The first-order valence-electron chi connectivity index (χ1n) is 10.0. The summed E-state index contributed by atoms with van der Waals surface area (Å²) in [6.07, 6.45) is -0.603. The van der Waals surface area contributed by atoms with Gasteiger partial charge in [-0.05, 0) is 31.2 Å². The van der Waals surface area contributed by atoms with Gasteiger partial charge in [0.15, 0.2) is 6.10 Å². The fourth-order valence-corrected chi connectivity index (χ4v) is 4.29. The Morgan fingerprint density at radius 1 is 1.10 bits per heavy atom. The number of rotatable bonds is 6. The van der Waals surface area contributed by atoms with Gasteiger partial charge < -0.3 is 9.64 Å². The zero-order chi connectivity index (χ0) is 20.9. The summed E-state index contributed by atoms with van der Waals surface area (Å²) in [6.45, 7) is 5.43. The Kier molecular flexibility index (Phi) is 6.40. The zero-order valence-electron chi connectivity index (χ0n) is 16.8. The molecular formula is C23H24FN3O2S. The van der Waals surface area contributed by atoms with Crippen LogP contribution in [0, 0.1) is 5.82 Å². The smallest absolute Gasteiger partial charge is 0.263 e. The first-order chi connectivity index (χ1) is 14.6. The Hall–Kier alpha value is -2.77. The number of piperazine rings is 1. The number of benzene rings is 2. The summed E-state index contributed by atoms with van der Waals surface area (Å²) in [5.41, 5.74) is 2.20. The average Bonchev–Trinajstić information content (AvgIpc) is 3.24. The number of amides is 1. The highest BCUT2D eigenvalue weighted by molar-refractivity contribution is 7.13. The van der Waals surface area contributed by atoms with E-state index in [1.54, 1.807) is 18.3 Å². The number of carbonyl (C=O) groups is 1. The van der Waals surface area contributed by atoms with E-state index >= 15 is 0 Å². The van der Waals surface area contributed by atoms with Crippen LogP contribution in [0.4, 0.5) is 4.39 Å². The maximum Gasteiger partial charge on any atom is 0.263 e. The highest BCUT2D eigenvalue weighted by Crippen LogP contribution is 2.24. The van der Waals surface area contributed by atoms with E-state index in [9.17, 15) is 9.18 Å². The fourth-order valence-electron chi connectivity index (χ4n) is 3.47. The molecule has 1 fully saturated rings. The molecule has 5 nitrogen and oxygen atoms in total. The van der Waals surface area contributed by atoms with Gasteiger partial charge in [-0.3, -0.25) is 9.69 Å². The second-order valence-corrected chi connectivity index (χ2v) is 8.18. The van der Waals surface area contributed by atoms with Crippen molar-refractivity contribution in [2.45, 2.75) is 19.6 Å². The van der Waals surface area contributed by atoms with Crippen LogP contribution < -0.4 is 4.74 Å². The molecule has 30 heavy (non-hydrogen) atoms. The second kappa shape index (κ2) is 9.36. The van der Waals surface area contributed by atoms with Gasteiger partial charge in [0.05, 0.1) is 5.69 Å². The molecule has 156 valence electrons. The van der Waals surface area contributed by atoms with Crippen LogP contribution in [-0.2, 0) is 11.3 Å². The second-order valence-electron chi connectivity index (χ2n) is 7.33. The van der Waals surface area contributed by atoms with Gasteiger partial charge in [0.25, 0.3) is 5.91 Å². The Balaban J connectivity index is 1.27. The van der Waals surface area contributed by atoms with Crippen molar-refractivity contribution < 1.29 is 13.9 Å². The van der Waals surface area contributed by atoms with Crippen LogP contribution in [0.2, 0.25) is 0 Å². The number of ether oxygens (including phenoxy) is 1. The van der Waals surface area contributed by atoms with Gasteiger partial charge in [-0.25, -0.2) is 9.37 Å². The van der Waals surface area contributed by atoms with Gasteiger partial charge in [0.1, 0.15) is 16.6 Å². The summed E-state index contributed by atoms with van der Waals surface area (Å²) >= 11 is 1.66. The van der Waals surface area contributed by atoms with Crippen molar-refractivity contribution in [2.24, 2.45) is 0 Å². The SMILES string of the molecule is C[C@H](Oc1ccc(F)cc1)C(=O)N1CCN(Cc2csc(-c3ccccc3)n2)CC1. The van der Waals surface area contributed by atoms with E-state index in [1.165, 1.54) is 24.3 Å². The van der Waals surface area contributed by atoms with Crippen LogP contribution in [0.3, 0.4) is 0 Å². The molecule has 0 saturated carbocycles. The summed E-state index contributed by atoms with van der Waals surface area (Å²) in [4.78, 5) is 21.6. The van der Waals surface area contributed by atoms with Gasteiger partial charge in [-0.2, -0.15) is 0 Å². The lowest BCUT2D eigenvalue weighted by Gasteiger charge is -2.35. The van der Waals surface area contributed by atoms with Crippen molar-refractivity contribution in [3.05, 3.63) is 71.5 Å². The summed E-state index contributed by atoms with van der Waals surface area (Å²) < 4.78 is 18.7. The molecule has 2 heterocycles. The van der Waals surface area contributed by atoms with Gasteiger partial charge >= 0.3 is 0 Å². The fraction of sp³-hybridized carbons (Fsp3) is 0.304. The average molecular weight is 426 g/mol. The summed E-state index contributed by atoms with van der Waals surface area (Å²) in [7, 11) is 0. The topological polar surface area (TPSA) is 45.7 Å². The Morgan fingerprint density at radius 3 is 2.50 bits per heavy atom. The lowest BCUT2D eigenvalue weighted by atomic mass is 10.2. The minimum Gasteiger partial charge on any atom is -0.481 e. The molecule has 1 aliphatic heterocycles. The Bertz CT molecular complexity index is 970. The predicted octanol–water partition coefficient (Wildman–Crippen LogP) is 4.06. The summed E-state index contributed by atoms with van der Waals surface area (Å²) in [5, 5.41) is 3.14. The van der Waals surface area contributed by atoms with E-state index in [-0.39, 0.29) is 11.7 Å². The molecule has 0 radical (unpaired) electrons. The van der Waals surface area contributed by atoms with Gasteiger partial charge in [0.2, 0.25) is 0 Å². The molecule has 0 unspecified atom stereocenters. The highest BCUT2D eigenvalue weighted by atomic mass is 32.1. The monoisotopic (exact) mass is 425 g/mol. The van der Waals surface area contributed by atoms with Crippen molar-refractivity contribution in [3.8, 4) is 16.3 Å². The van der Waals surface area contributed by atoms with E-state index in [1.807, 2.05) is 23.1 Å². The van der Waals surface area contributed by atoms with Crippen molar-refractivity contribution in [2.75, 3.05) is 26.2 Å². The number of hydrogen-bond donors (Lipinski definition) is 0. The van der Waals surface area contributed by atoms with E-state index < -0.39 is 6.10 Å². The van der Waals surface area contributed by atoms with Crippen molar-refractivity contribution in [3.63, 3.8) is 0 Å². The standard InChI is InChI=1S/C23H24FN3O2S/c1-17(29-21-9-7-19(24)8-10-21)23(28)27-13-11-26(12-14-27)15-20-16-30-22(25-20)18-5-3-2-4-6-18/h2-10,16-17H,11-15H2,1H3/t17-/m0/s1. The lowest BCUT2D eigenvalue weighted by molar-refractivity contribution is -0.139. The molecule has 3 aromatic rings. The van der Waals surface area contributed by atoms with E-state index in [4.69, 9.17) is 9.72 Å². The number of hydrogen-bond acceptors (Lipinski definition) is 5. The van der Waals surface area contributed by atoms with Crippen LogP contribution in [0.15, 0.2) is 60.0 Å². The highest BCUT2D eigenvalue weighted by Gasteiger charge is 2.26. The Morgan fingerprint density at radius 2 is 1.80 bits per heavy atom. The summed E-state index contributed by atoms with van der Waals surface area (Å²) in [6, 6.07) is 15.9. The quantitative estimate of drug-likeness (QED) is 0.598. The maximum atomic E-state index is 13.0. The molecule has 1 aliphatic rings. The lowest BCUT2D eigenvalue weighted by Crippen LogP contribution is -2.51. The van der Waals surface area contributed by atoms with Gasteiger partial charge in [-0.15, -0.1) is 11.3 Å². The molecule has 0 aliphatic carbocycles. The molecule has 1 amide bonds. The van der Waals surface area contributed by atoms with Crippen molar-refractivity contribution in [1.82, 2.24) is 14.8 Å². The van der Waals surface area contributed by atoms with Crippen molar-refractivity contribution in [1.29, 1.82) is 0 Å². The molecule has 4 rings (SSSR count). The third-order valence-corrected chi connectivity index (χ3v) is 6.06. The minimum absolute atomic E-state index is 0.0426. The molecule has 1 atom stereocenters. The van der Waals surface area contributed by atoms with Crippen LogP contribution >= 0.6 is 11.3 Å². The maximum absolute atomic E-state index is 13.0. The number of nitrogens with zero attached hydrogens (tertiary/aromatic N) is 3.